The van der Waals surface area contributed by atoms with Crippen molar-refractivity contribution >= 4 is 23.8 Å². The van der Waals surface area contributed by atoms with Gasteiger partial charge in [-0.25, -0.2) is 4.68 Å². The van der Waals surface area contributed by atoms with Crippen LogP contribution in [0.25, 0.3) is 0 Å². The molecule has 1 aromatic heterocycles. The molecular weight excluding hydrogens is 322 g/mol. The summed E-state index contributed by atoms with van der Waals surface area (Å²) >= 11 is 5.32. The summed E-state index contributed by atoms with van der Waals surface area (Å²) in [6, 6.07) is 9.81. The van der Waals surface area contributed by atoms with Gasteiger partial charge in [0.2, 0.25) is 5.91 Å². The number of nitrogens with zero attached hydrogens (tertiary/aromatic N) is 5. The standard InChI is InChI=1S/C17H23N5OS/c1-19-12-18-22(17(19)24)13-21-10-8-14(9-11-21)16(23)20(2)15-6-4-3-5-7-15/h3-7,12,14H,8-11,13H2,1-2H3. The molecule has 3 rings (SSSR count). The normalized spacial score (nSPS) is 16.2. The van der Waals surface area contributed by atoms with Gasteiger partial charge in [-0.15, -0.1) is 0 Å². The molecule has 7 heteroatoms. The third kappa shape index (κ3) is 3.57. The number of carbonyl (C=O) groups excluding carboxylic acids is 1. The average Bonchev–Trinajstić information content (AvgIpc) is 2.94. The third-order valence-electron chi connectivity index (χ3n) is 4.63. The first-order valence-corrected chi connectivity index (χ1v) is 8.60. The Labute approximate surface area is 147 Å². The number of aromatic nitrogens is 3. The lowest BCUT2D eigenvalue weighted by Crippen LogP contribution is -2.42. The largest absolute Gasteiger partial charge is 0.315 e. The molecule has 0 spiro atoms. The number of hydrogen-bond donors (Lipinski definition) is 0. The van der Waals surface area contributed by atoms with Crippen molar-refractivity contribution < 1.29 is 4.79 Å². The minimum absolute atomic E-state index is 0.0863. The van der Waals surface area contributed by atoms with E-state index in [-0.39, 0.29) is 11.8 Å². The Balaban J connectivity index is 1.56. The van der Waals surface area contributed by atoms with Gasteiger partial charge in [0.25, 0.3) is 0 Å². The van der Waals surface area contributed by atoms with E-state index in [0.29, 0.717) is 6.67 Å². The van der Waals surface area contributed by atoms with Crippen molar-refractivity contribution in [2.75, 3.05) is 25.0 Å². The zero-order valence-corrected chi connectivity index (χ0v) is 14.9. The number of para-hydroxylation sites is 1. The van der Waals surface area contributed by atoms with Crippen molar-refractivity contribution in [2.45, 2.75) is 19.5 Å². The SMILES string of the molecule is CN(C(=O)C1CCN(Cn2ncn(C)c2=S)CC1)c1ccccc1. The topological polar surface area (TPSA) is 46.3 Å². The van der Waals surface area contributed by atoms with Crippen LogP contribution in [-0.4, -0.2) is 45.3 Å². The van der Waals surface area contributed by atoms with E-state index in [0.717, 1.165) is 36.4 Å². The van der Waals surface area contributed by atoms with Crippen molar-refractivity contribution in [3.8, 4) is 0 Å². The van der Waals surface area contributed by atoms with Crippen LogP contribution >= 0.6 is 12.2 Å². The molecule has 6 nitrogen and oxygen atoms in total. The van der Waals surface area contributed by atoms with E-state index in [1.807, 2.05) is 53.7 Å². The molecule has 1 amide bonds. The molecule has 1 aliphatic rings. The van der Waals surface area contributed by atoms with Gasteiger partial charge in [0.1, 0.15) is 6.33 Å². The number of aryl methyl sites for hydroxylation is 1. The second kappa shape index (κ2) is 7.27. The summed E-state index contributed by atoms with van der Waals surface area (Å²) in [7, 11) is 3.76. The fraction of sp³-hybridized carbons (Fsp3) is 0.471. The average molecular weight is 345 g/mol. The Kier molecular flexibility index (Phi) is 5.11. The molecule has 128 valence electrons. The fourth-order valence-corrected chi connectivity index (χ4v) is 3.23. The zero-order chi connectivity index (χ0) is 17.1. The molecule has 1 aromatic carbocycles. The number of rotatable bonds is 4. The molecule has 24 heavy (non-hydrogen) atoms. The molecular formula is C17H23N5OS. The Morgan fingerprint density at radius 3 is 2.54 bits per heavy atom. The van der Waals surface area contributed by atoms with E-state index in [9.17, 15) is 4.79 Å². The van der Waals surface area contributed by atoms with Gasteiger partial charge in [-0.3, -0.25) is 9.69 Å². The summed E-state index contributed by atoms with van der Waals surface area (Å²) in [5.41, 5.74) is 0.949. The molecule has 1 saturated heterocycles. The second-order valence-corrected chi connectivity index (χ2v) is 6.66. The molecule has 0 N–H and O–H groups in total. The fourth-order valence-electron chi connectivity index (χ4n) is 3.08. The lowest BCUT2D eigenvalue weighted by molar-refractivity contribution is -0.123. The Morgan fingerprint density at radius 2 is 1.96 bits per heavy atom. The molecule has 0 atom stereocenters. The van der Waals surface area contributed by atoms with E-state index >= 15 is 0 Å². The molecule has 0 radical (unpaired) electrons. The van der Waals surface area contributed by atoms with Crippen LogP contribution in [0.15, 0.2) is 36.7 Å². The van der Waals surface area contributed by atoms with Gasteiger partial charge in [0.05, 0.1) is 6.67 Å². The maximum absolute atomic E-state index is 12.7. The van der Waals surface area contributed by atoms with Crippen LogP contribution in [-0.2, 0) is 18.5 Å². The third-order valence-corrected chi connectivity index (χ3v) is 5.13. The van der Waals surface area contributed by atoms with E-state index in [1.165, 1.54) is 0 Å². The minimum Gasteiger partial charge on any atom is -0.315 e. The van der Waals surface area contributed by atoms with E-state index in [1.54, 1.807) is 11.2 Å². The number of hydrogen-bond acceptors (Lipinski definition) is 4. The highest BCUT2D eigenvalue weighted by atomic mass is 32.1. The second-order valence-electron chi connectivity index (χ2n) is 6.29. The van der Waals surface area contributed by atoms with E-state index in [4.69, 9.17) is 12.2 Å². The van der Waals surface area contributed by atoms with Crippen molar-refractivity contribution in [3.05, 3.63) is 41.4 Å². The van der Waals surface area contributed by atoms with Crippen molar-refractivity contribution in [2.24, 2.45) is 13.0 Å². The number of amides is 1. The molecule has 1 fully saturated rings. The maximum Gasteiger partial charge on any atom is 0.229 e. The lowest BCUT2D eigenvalue weighted by Gasteiger charge is -2.32. The summed E-state index contributed by atoms with van der Waals surface area (Å²) in [6.45, 7) is 2.46. The Morgan fingerprint density at radius 1 is 1.29 bits per heavy atom. The molecule has 0 bridgehead atoms. The summed E-state index contributed by atoms with van der Waals surface area (Å²) in [4.78, 5) is 16.8. The van der Waals surface area contributed by atoms with Crippen LogP contribution in [0.3, 0.4) is 0 Å². The maximum atomic E-state index is 12.7. The summed E-state index contributed by atoms with van der Waals surface area (Å²) in [6.07, 6.45) is 3.47. The number of likely N-dealkylation sites (tertiary alicyclic amines) is 1. The number of anilines is 1. The van der Waals surface area contributed by atoms with Gasteiger partial charge in [0, 0.05) is 38.8 Å². The molecule has 1 aliphatic heterocycles. The van der Waals surface area contributed by atoms with Gasteiger partial charge >= 0.3 is 0 Å². The number of carbonyl (C=O) groups is 1. The van der Waals surface area contributed by atoms with Gasteiger partial charge in [-0.05, 0) is 37.2 Å². The minimum atomic E-state index is 0.0863. The highest BCUT2D eigenvalue weighted by Crippen LogP contribution is 2.22. The molecule has 0 aliphatic carbocycles. The molecule has 2 heterocycles. The highest BCUT2D eigenvalue weighted by Gasteiger charge is 2.27. The van der Waals surface area contributed by atoms with Gasteiger partial charge < -0.3 is 9.47 Å². The molecule has 0 saturated carbocycles. The highest BCUT2D eigenvalue weighted by molar-refractivity contribution is 7.71. The zero-order valence-electron chi connectivity index (χ0n) is 14.1. The first kappa shape index (κ1) is 16.9. The van der Waals surface area contributed by atoms with Crippen molar-refractivity contribution in [3.63, 3.8) is 0 Å². The predicted octanol–water partition coefficient (Wildman–Crippen LogP) is 2.28. The Hall–Kier alpha value is -1.99. The quantitative estimate of drug-likeness (QED) is 0.798. The Bertz CT molecular complexity index is 746. The van der Waals surface area contributed by atoms with E-state index in [2.05, 4.69) is 10.00 Å². The first-order valence-electron chi connectivity index (χ1n) is 8.19. The van der Waals surface area contributed by atoms with Crippen molar-refractivity contribution in [1.29, 1.82) is 0 Å². The lowest BCUT2D eigenvalue weighted by atomic mass is 9.95. The van der Waals surface area contributed by atoms with Crippen LogP contribution < -0.4 is 4.90 Å². The van der Waals surface area contributed by atoms with Gasteiger partial charge in [0.15, 0.2) is 4.77 Å². The van der Waals surface area contributed by atoms with Crippen LogP contribution in [0.5, 0.6) is 0 Å². The van der Waals surface area contributed by atoms with E-state index < -0.39 is 0 Å². The van der Waals surface area contributed by atoms with Crippen LogP contribution in [0.1, 0.15) is 12.8 Å². The van der Waals surface area contributed by atoms with Crippen LogP contribution in [0, 0.1) is 10.7 Å². The summed E-state index contributed by atoms with van der Waals surface area (Å²) in [5, 5.41) is 4.29. The first-order chi connectivity index (χ1) is 11.6. The van der Waals surface area contributed by atoms with Crippen LogP contribution in [0.4, 0.5) is 5.69 Å². The van der Waals surface area contributed by atoms with Crippen LogP contribution in [0.2, 0.25) is 0 Å². The monoisotopic (exact) mass is 345 g/mol. The summed E-state index contributed by atoms with van der Waals surface area (Å²) < 4.78 is 4.38. The van der Waals surface area contributed by atoms with Crippen molar-refractivity contribution in [1.82, 2.24) is 19.2 Å². The number of piperidine rings is 1. The smallest absolute Gasteiger partial charge is 0.229 e. The predicted molar refractivity (Wildman–Crippen MR) is 96.2 cm³/mol. The van der Waals surface area contributed by atoms with Gasteiger partial charge in [-0.2, -0.15) is 5.10 Å². The molecule has 2 aromatic rings. The molecule has 0 unspecified atom stereocenters. The number of benzene rings is 1. The van der Waals surface area contributed by atoms with Gasteiger partial charge in [-0.1, -0.05) is 18.2 Å². The summed E-state index contributed by atoms with van der Waals surface area (Å²) in [5.74, 6) is 0.290.